The second-order valence-corrected chi connectivity index (χ2v) is 5.58. The van der Waals surface area contributed by atoms with Crippen LogP contribution >= 0.6 is 11.8 Å². The van der Waals surface area contributed by atoms with Gasteiger partial charge in [-0.15, -0.1) is 0 Å². The van der Waals surface area contributed by atoms with Gasteiger partial charge in [0.25, 0.3) is 0 Å². The lowest BCUT2D eigenvalue weighted by molar-refractivity contribution is 0.198. The van der Waals surface area contributed by atoms with E-state index in [-0.39, 0.29) is 12.0 Å². The average Bonchev–Trinajstić information content (AvgIpc) is 2.24. The first kappa shape index (κ1) is 14.5. The maximum atomic E-state index is 13.3. The number of benzene rings is 1. The zero-order chi connectivity index (χ0) is 12.8. The van der Waals surface area contributed by atoms with Crippen LogP contribution in [0.5, 0.6) is 0 Å². The van der Waals surface area contributed by atoms with E-state index in [9.17, 15) is 13.9 Å². The Morgan fingerprint density at radius 3 is 2.59 bits per heavy atom. The number of halogens is 2. The topological polar surface area (TPSA) is 20.2 Å². The van der Waals surface area contributed by atoms with Crippen LogP contribution < -0.4 is 0 Å². The summed E-state index contributed by atoms with van der Waals surface area (Å²) in [4.78, 5) is 0. The van der Waals surface area contributed by atoms with E-state index in [0.717, 1.165) is 11.8 Å². The Hall–Kier alpha value is -0.610. The molecule has 0 saturated heterocycles. The first-order valence-electron chi connectivity index (χ1n) is 5.69. The van der Waals surface area contributed by atoms with Gasteiger partial charge in [0.2, 0.25) is 0 Å². The van der Waals surface area contributed by atoms with Crippen molar-refractivity contribution in [1.82, 2.24) is 0 Å². The van der Waals surface area contributed by atoms with E-state index in [4.69, 9.17) is 0 Å². The first-order chi connectivity index (χ1) is 8.00. The lowest BCUT2D eigenvalue weighted by Crippen LogP contribution is -2.15. The van der Waals surface area contributed by atoms with Gasteiger partial charge >= 0.3 is 0 Å². The van der Waals surface area contributed by atoms with Gasteiger partial charge < -0.3 is 5.11 Å². The summed E-state index contributed by atoms with van der Waals surface area (Å²) in [5.74, 6) is 0.375. The summed E-state index contributed by atoms with van der Waals surface area (Å²) in [5.41, 5.74) is 0.239. The van der Waals surface area contributed by atoms with Crippen LogP contribution in [0, 0.1) is 17.6 Å². The standard InChI is InChI=1S/C13H18F2OS/c1-9(2)7-17-8-11(16)6-10-4-3-5-12(14)13(10)15/h3-5,9,11,16H,6-8H2,1-2H3. The minimum atomic E-state index is -0.857. The summed E-state index contributed by atoms with van der Waals surface area (Å²) in [6, 6.07) is 4.05. The molecule has 0 aromatic heterocycles. The summed E-state index contributed by atoms with van der Waals surface area (Å²) in [6.45, 7) is 4.21. The second-order valence-electron chi connectivity index (χ2n) is 4.50. The van der Waals surface area contributed by atoms with Gasteiger partial charge in [0.15, 0.2) is 11.6 Å². The lowest BCUT2D eigenvalue weighted by atomic mass is 10.1. The molecule has 0 saturated carbocycles. The minimum Gasteiger partial charge on any atom is -0.392 e. The van der Waals surface area contributed by atoms with Gasteiger partial charge in [-0.2, -0.15) is 11.8 Å². The molecule has 1 aromatic rings. The molecule has 1 unspecified atom stereocenters. The van der Waals surface area contributed by atoms with Crippen LogP contribution in [0.1, 0.15) is 19.4 Å². The molecule has 0 heterocycles. The number of hydrogen-bond acceptors (Lipinski definition) is 2. The number of rotatable bonds is 6. The molecule has 0 radical (unpaired) electrons. The molecule has 4 heteroatoms. The monoisotopic (exact) mass is 260 g/mol. The third-order valence-electron chi connectivity index (χ3n) is 2.25. The fourth-order valence-corrected chi connectivity index (χ4v) is 2.46. The van der Waals surface area contributed by atoms with Crippen molar-refractivity contribution in [2.24, 2.45) is 5.92 Å². The smallest absolute Gasteiger partial charge is 0.162 e. The predicted octanol–water partition coefficient (Wildman–Crippen LogP) is 3.26. The van der Waals surface area contributed by atoms with Crippen molar-refractivity contribution in [1.29, 1.82) is 0 Å². The SMILES string of the molecule is CC(C)CSCC(O)Cc1cccc(F)c1F. The Morgan fingerprint density at radius 1 is 1.24 bits per heavy atom. The van der Waals surface area contributed by atoms with Crippen LogP contribution in [-0.4, -0.2) is 22.7 Å². The van der Waals surface area contributed by atoms with Gasteiger partial charge in [-0.25, -0.2) is 8.78 Å². The summed E-state index contributed by atoms with van der Waals surface area (Å²) in [6.07, 6.45) is -0.468. The van der Waals surface area contributed by atoms with Crippen molar-refractivity contribution in [2.75, 3.05) is 11.5 Å². The molecule has 1 atom stereocenters. The van der Waals surface area contributed by atoms with E-state index in [0.29, 0.717) is 11.7 Å². The van der Waals surface area contributed by atoms with Crippen molar-refractivity contribution >= 4 is 11.8 Å². The van der Waals surface area contributed by atoms with Crippen molar-refractivity contribution < 1.29 is 13.9 Å². The Balaban J connectivity index is 2.45. The molecule has 0 aliphatic heterocycles. The van der Waals surface area contributed by atoms with Crippen LogP contribution in [-0.2, 0) is 6.42 Å². The molecule has 17 heavy (non-hydrogen) atoms. The molecule has 0 bridgehead atoms. The van der Waals surface area contributed by atoms with E-state index in [2.05, 4.69) is 13.8 Å². The maximum absolute atomic E-state index is 13.3. The van der Waals surface area contributed by atoms with Crippen molar-refractivity contribution in [3.63, 3.8) is 0 Å². The summed E-state index contributed by atoms with van der Waals surface area (Å²) in [7, 11) is 0. The molecule has 1 aromatic carbocycles. The fourth-order valence-electron chi connectivity index (χ4n) is 1.46. The highest BCUT2D eigenvalue weighted by Gasteiger charge is 2.12. The Kier molecular flexibility index (Phi) is 5.92. The molecule has 0 aliphatic rings. The van der Waals surface area contributed by atoms with Crippen LogP contribution in [0.15, 0.2) is 18.2 Å². The summed E-state index contributed by atoms with van der Waals surface area (Å²) >= 11 is 1.63. The van der Waals surface area contributed by atoms with Gasteiger partial charge in [0.1, 0.15) is 0 Å². The Morgan fingerprint density at radius 2 is 1.94 bits per heavy atom. The van der Waals surface area contributed by atoms with Gasteiger partial charge in [0, 0.05) is 12.2 Å². The van der Waals surface area contributed by atoms with Crippen molar-refractivity contribution in [3.8, 4) is 0 Å². The van der Waals surface area contributed by atoms with Crippen LogP contribution in [0.2, 0.25) is 0 Å². The molecule has 1 N–H and O–H groups in total. The number of aliphatic hydroxyl groups is 1. The highest BCUT2D eigenvalue weighted by atomic mass is 32.2. The van der Waals surface area contributed by atoms with Crippen LogP contribution in [0.25, 0.3) is 0 Å². The van der Waals surface area contributed by atoms with Crippen LogP contribution in [0.4, 0.5) is 8.78 Å². The molecular weight excluding hydrogens is 242 g/mol. The van der Waals surface area contributed by atoms with Crippen molar-refractivity contribution in [2.45, 2.75) is 26.4 Å². The van der Waals surface area contributed by atoms with E-state index in [1.807, 2.05) is 0 Å². The van der Waals surface area contributed by atoms with Gasteiger partial charge in [0.05, 0.1) is 6.10 Å². The zero-order valence-electron chi connectivity index (χ0n) is 10.1. The number of aliphatic hydroxyl groups excluding tert-OH is 1. The zero-order valence-corrected chi connectivity index (χ0v) is 10.9. The average molecular weight is 260 g/mol. The molecule has 96 valence electrons. The molecule has 1 nitrogen and oxygen atoms in total. The molecule has 0 fully saturated rings. The van der Waals surface area contributed by atoms with Gasteiger partial charge in [-0.3, -0.25) is 0 Å². The maximum Gasteiger partial charge on any atom is 0.162 e. The van der Waals surface area contributed by atoms with E-state index < -0.39 is 17.7 Å². The molecule has 0 aliphatic carbocycles. The third-order valence-corrected chi connectivity index (χ3v) is 3.77. The number of thioether (sulfide) groups is 1. The highest BCUT2D eigenvalue weighted by Crippen LogP contribution is 2.16. The lowest BCUT2D eigenvalue weighted by Gasteiger charge is -2.12. The predicted molar refractivity (Wildman–Crippen MR) is 68.2 cm³/mol. The molecule has 0 spiro atoms. The van der Waals surface area contributed by atoms with Gasteiger partial charge in [-0.05, 0) is 23.3 Å². The van der Waals surface area contributed by atoms with Crippen molar-refractivity contribution in [3.05, 3.63) is 35.4 Å². The Labute approximate surface area is 105 Å². The molecular formula is C13H18F2OS. The summed E-state index contributed by atoms with van der Waals surface area (Å²) < 4.78 is 26.2. The molecule has 0 amide bonds. The quantitative estimate of drug-likeness (QED) is 0.847. The highest BCUT2D eigenvalue weighted by molar-refractivity contribution is 7.99. The minimum absolute atomic E-state index is 0.161. The second kappa shape index (κ2) is 6.97. The fraction of sp³-hybridized carbons (Fsp3) is 0.538. The first-order valence-corrected chi connectivity index (χ1v) is 6.85. The van der Waals surface area contributed by atoms with Crippen LogP contribution in [0.3, 0.4) is 0 Å². The summed E-state index contributed by atoms with van der Waals surface area (Å²) in [5, 5.41) is 9.72. The van der Waals surface area contributed by atoms with E-state index in [1.54, 1.807) is 11.8 Å². The largest absolute Gasteiger partial charge is 0.392 e. The van der Waals surface area contributed by atoms with Gasteiger partial charge in [-0.1, -0.05) is 26.0 Å². The Bertz CT molecular complexity index is 355. The van der Waals surface area contributed by atoms with E-state index >= 15 is 0 Å². The third kappa shape index (κ3) is 5.04. The van der Waals surface area contributed by atoms with E-state index in [1.165, 1.54) is 12.1 Å². The normalized spacial score (nSPS) is 13.1. The molecule has 1 rings (SSSR count). The number of hydrogen-bond donors (Lipinski definition) is 1.